The van der Waals surface area contributed by atoms with E-state index in [4.69, 9.17) is 0 Å². The number of carbonyl (C=O) groups excluding carboxylic acids is 3. The Morgan fingerprint density at radius 2 is 1.75 bits per heavy atom. The molecule has 7 heteroatoms. The highest BCUT2D eigenvalue weighted by atomic mass is 16.2. The van der Waals surface area contributed by atoms with Crippen molar-refractivity contribution in [3.05, 3.63) is 90.0 Å². The van der Waals surface area contributed by atoms with E-state index in [-0.39, 0.29) is 24.1 Å². The molecule has 1 fully saturated rings. The number of hydrogen-bond acceptors (Lipinski definition) is 4. The van der Waals surface area contributed by atoms with Gasteiger partial charge in [0.1, 0.15) is 0 Å². The standard InChI is InChI=1S/C25H20N4O3/c30-22-14-17(15-29(22)19-6-2-1-3-7-19)24(31)26-18-12-10-16(11-13-18)23-20-8-4-5-9-21(20)25(32)28-27-23/h1-13,17,21H,14-15H2,(H,26,31). The van der Waals surface area contributed by atoms with Gasteiger partial charge in [-0.05, 0) is 29.8 Å². The number of amides is 3. The average molecular weight is 424 g/mol. The number of anilines is 2. The topological polar surface area (TPSA) is 91.2 Å². The molecule has 32 heavy (non-hydrogen) atoms. The van der Waals surface area contributed by atoms with Gasteiger partial charge in [-0.25, -0.2) is 0 Å². The first-order valence-corrected chi connectivity index (χ1v) is 10.4. The van der Waals surface area contributed by atoms with Crippen LogP contribution in [-0.4, -0.2) is 24.3 Å². The molecule has 1 N–H and O–H groups in total. The van der Waals surface area contributed by atoms with Crippen molar-refractivity contribution in [1.29, 1.82) is 0 Å². The molecule has 3 amide bonds. The molecule has 0 bridgehead atoms. The lowest BCUT2D eigenvalue weighted by atomic mass is 9.89. The number of rotatable bonds is 4. The van der Waals surface area contributed by atoms with E-state index in [0.29, 0.717) is 17.9 Å². The Labute approximate surface area is 184 Å². The third-order valence-corrected chi connectivity index (χ3v) is 5.80. The highest BCUT2D eigenvalue weighted by Gasteiger charge is 2.35. The fourth-order valence-electron chi connectivity index (χ4n) is 4.12. The average Bonchev–Trinajstić information content (AvgIpc) is 3.23. The highest BCUT2D eigenvalue weighted by molar-refractivity contribution is 6.03. The van der Waals surface area contributed by atoms with Crippen molar-refractivity contribution in [3.63, 3.8) is 0 Å². The second kappa shape index (κ2) is 8.19. The summed E-state index contributed by atoms with van der Waals surface area (Å²) in [6.07, 6.45) is 7.57. The van der Waals surface area contributed by atoms with Crippen LogP contribution in [0.3, 0.4) is 0 Å². The Morgan fingerprint density at radius 1 is 0.969 bits per heavy atom. The molecule has 2 aromatic carbocycles. The second-order valence-electron chi connectivity index (χ2n) is 7.87. The molecule has 1 saturated heterocycles. The summed E-state index contributed by atoms with van der Waals surface area (Å²) in [5, 5.41) is 10.8. The van der Waals surface area contributed by atoms with Crippen molar-refractivity contribution < 1.29 is 14.4 Å². The van der Waals surface area contributed by atoms with Crippen molar-refractivity contribution >= 4 is 34.8 Å². The number of carbonyl (C=O) groups is 3. The van der Waals surface area contributed by atoms with E-state index in [1.54, 1.807) is 17.0 Å². The van der Waals surface area contributed by atoms with Crippen LogP contribution in [0.1, 0.15) is 12.0 Å². The smallest absolute Gasteiger partial charge is 0.276 e. The molecule has 2 unspecified atom stereocenters. The van der Waals surface area contributed by atoms with Gasteiger partial charge in [0.25, 0.3) is 5.91 Å². The molecule has 0 spiro atoms. The molecule has 5 rings (SSSR count). The lowest BCUT2D eigenvalue weighted by molar-refractivity contribution is -0.122. The van der Waals surface area contributed by atoms with Crippen molar-refractivity contribution in [2.45, 2.75) is 6.42 Å². The summed E-state index contributed by atoms with van der Waals surface area (Å²) in [6, 6.07) is 16.6. The van der Waals surface area contributed by atoms with E-state index in [1.807, 2.05) is 66.8 Å². The SMILES string of the molecule is O=C(Nc1ccc(C2=C3C=CC=CC3C(=O)N=N2)cc1)C1CC(=O)N(c2ccccc2)C1. The zero-order chi connectivity index (χ0) is 22.1. The van der Waals surface area contributed by atoms with E-state index in [9.17, 15) is 14.4 Å². The summed E-state index contributed by atoms with van der Waals surface area (Å²) < 4.78 is 0. The predicted octanol–water partition coefficient (Wildman–Crippen LogP) is 4.12. The van der Waals surface area contributed by atoms with Crippen LogP contribution in [0.15, 0.2) is 94.7 Å². The maximum atomic E-state index is 12.8. The number of allylic oxidation sites excluding steroid dienone is 3. The summed E-state index contributed by atoms with van der Waals surface area (Å²) >= 11 is 0. The zero-order valence-electron chi connectivity index (χ0n) is 17.1. The highest BCUT2D eigenvalue weighted by Crippen LogP contribution is 2.34. The van der Waals surface area contributed by atoms with Gasteiger partial charge in [-0.2, -0.15) is 0 Å². The minimum Gasteiger partial charge on any atom is -0.326 e. The maximum Gasteiger partial charge on any atom is 0.276 e. The number of nitrogens with one attached hydrogen (secondary N) is 1. The van der Waals surface area contributed by atoms with E-state index in [2.05, 4.69) is 15.5 Å². The molecular weight excluding hydrogens is 404 g/mol. The maximum absolute atomic E-state index is 12.8. The molecule has 2 aliphatic heterocycles. The Hall–Kier alpha value is -4.13. The minimum atomic E-state index is -0.412. The van der Waals surface area contributed by atoms with Gasteiger partial charge in [-0.1, -0.05) is 54.6 Å². The molecule has 1 aliphatic carbocycles. The van der Waals surface area contributed by atoms with Gasteiger partial charge in [0.2, 0.25) is 11.8 Å². The summed E-state index contributed by atoms with van der Waals surface area (Å²) in [5.74, 6) is -1.33. The van der Waals surface area contributed by atoms with Crippen LogP contribution >= 0.6 is 0 Å². The van der Waals surface area contributed by atoms with Gasteiger partial charge in [-0.15, -0.1) is 10.2 Å². The molecule has 0 saturated carbocycles. The summed E-state index contributed by atoms with van der Waals surface area (Å²) in [5.41, 5.74) is 3.71. The van der Waals surface area contributed by atoms with Crippen LogP contribution in [-0.2, 0) is 14.4 Å². The van der Waals surface area contributed by atoms with Crippen LogP contribution in [0.2, 0.25) is 0 Å². The third kappa shape index (κ3) is 3.69. The number of nitrogens with zero attached hydrogens (tertiary/aromatic N) is 3. The van der Waals surface area contributed by atoms with E-state index >= 15 is 0 Å². The second-order valence-corrected chi connectivity index (χ2v) is 7.87. The van der Waals surface area contributed by atoms with Crippen molar-refractivity contribution in [2.24, 2.45) is 22.1 Å². The molecule has 7 nitrogen and oxygen atoms in total. The van der Waals surface area contributed by atoms with E-state index in [0.717, 1.165) is 16.8 Å². The number of azo groups is 1. The Balaban J connectivity index is 1.28. The van der Waals surface area contributed by atoms with Gasteiger partial charge >= 0.3 is 0 Å². The predicted molar refractivity (Wildman–Crippen MR) is 121 cm³/mol. The molecule has 158 valence electrons. The van der Waals surface area contributed by atoms with Crippen molar-refractivity contribution in [2.75, 3.05) is 16.8 Å². The van der Waals surface area contributed by atoms with E-state index in [1.165, 1.54) is 0 Å². The largest absolute Gasteiger partial charge is 0.326 e. The molecular formula is C25H20N4O3. The summed E-state index contributed by atoms with van der Waals surface area (Å²) in [7, 11) is 0. The number of para-hydroxylation sites is 1. The Morgan fingerprint density at radius 3 is 2.53 bits per heavy atom. The number of hydrogen-bond donors (Lipinski definition) is 1. The fraction of sp³-hybridized carbons (Fsp3) is 0.160. The van der Waals surface area contributed by atoms with Crippen molar-refractivity contribution in [1.82, 2.24) is 0 Å². The first-order valence-electron chi connectivity index (χ1n) is 10.4. The van der Waals surface area contributed by atoms with Gasteiger partial charge < -0.3 is 10.2 Å². The molecule has 0 aromatic heterocycles. The zero-order valence-corrected chi connectivity index (χ0v) is 17.1. The summed E-state index contributed by atoms with van der Waals surface area (Å²) in [4.78, 5) is 38.8. The van der Waals surface area contributed by atoms with Crippen LogP contribution in [0, 0.1) is 11.8 Å². The van der Waals surface area contributed by atoms with Crippen LogP contribution in [0.5, 0.6) is 0 Å². The Bertz CT molecular complexity index is 1210. The molecule has 0 radical (unpaired) electrons. The van der Waals surface area contributed by atoms with Crippen LogP contribution in [0.25, 0.3) is 5.70 Å². The minimum absolute atomic E-state index is 0.0542. The fourth-order valence-corrected chi connectivity index (χ4v) is 4.12. The normalized spacial score (nSPS) is 21.8. The lowest BCUT2D eigenvalue weighted by Gasteiger charge is -2.19. The number of benzene rings is 2. The first-order chi connectivity index (χ1) is 15.6. The van der Waals surface area contributed by atoms with Gasteiger partial charge in [0, 0.05) is 29.9 Å². The molecule has 3 aliphatic rings. The van der Waals surface area contributed by atoms with Crippen LogP contribution < -0.4 is 10.2 Å². The van der Waals surface area contributed by atoms with Gasteiger partial charge in [0.05, 0.1) is 17.5 Å². The first kappa shape index (κ1) is 19.8. The summed E-state index contributed by atoms with van der Waals surface area (Å²) in [6.45, 7) is 0.360. The van der Waals surface area contributed by atoms with Crippen LogP contribution in [0.4, 0.5) is 11.4 Å². The molecule has 2 heterocycles. The third-order valence-electron chi connectivity index (χ3n) is 5.80. The van der Waals surface area contributed by atoms with Crippen molar-refractivity contribution in [3.8, 4) is 0 Å². The molecule has 2 atom stereocenters. The number of fused-ring (bicyclic) bond motifs is 1. The quantitative estimate of drug-likeness (QED) is 0.800. The monoisotopic (exact) mass is 424 g/mol. The van der Waals surface area contributed by atoms with Gasteiger partial charge in [0.15, 0.2) is 0 Å². The van der Waals surface area contributed by atoms with Gasteiger partial charge in [-0.3, -0.25) is 14.4 Å². The lowest BCUT2D eigenvalue weighted by Crippen LogP contribution is -2.28. The Kier molecular flexibility index (Phi) is 5.07. The molecule has 2 aromatic rings. The van der Waals surface area contributed by atoms with E-state index < -0.39 is 11.8 Å².